The van der Waals surface area contributed by atoms with Gasteiger partial charge in [0, 0.05) is 24.7 Å². The number of piperidine rings is 1. The number of nitrogens with two attached hydrogens (primary N) is 1. The lowest BCUT2D eigenvalue weighted by Gasteiger charge is -2.34. The van der Waals surface area contributed by atoms with Crippen molar-refractivity contribution in [3.05, 3.63) is 17.7 Å². The summed E-state index contributed by atoms with van der Waals surface area (Å²) in [5.41, 5.74) is 6.62. The van der Waals surface area contributed by atoms with Crippen molar-refractivity contribution in [2.45, 2.75) is 46.6 Å². The molecule has 0 bridgehead atoms. The lowest BCUT2D eigenvalue weighted by atomic mass is 9.92. The van der Waals surface area contributed by atoms with Gasteiger partial charge in [0.15, 0.2) is 11.5 Å². The predicted molar refractivity (Wildman–Crippen MR) is 102 cm³/mol. The van der Waals surface area contributed by atoms with Gasteiger partial charge in [-0.15, -0.1) is 0 Å². The van der Waals surface area contributed by atoms with Crippen molar-refractivity contribution in [3.63, 3.8) is 0 Å². The fourth-order valence-electron chi connectivity index (χ4n) is 3.32. The van der Waals surface area contributed by atoms with Gasteiger partial charge in [0.25, 0.3) is 5.91 Å². The number of carbonyl (C=O) groups is 1. The third-order valence-corrected chi connectivity index (χ3v) is 4.64. The molecular formula is C20H32N2O4. The molecule has 1 aliphatic rings. The maximum atomic E-state index is 13.1. The van der Waals surface area contributed by atoms with Crippen LogP contribution in [0.1, 0.15) is 50.9 Å². The van der Waals surface area contributed by atoms with Gasteiger partial charge in [-0.1, -0.05) is 0 Å². The molecule has 2 N–H and O–H groups in total. The number of ether oxygens (including phenoxy) is 3. The van der Waals surface area contributed by atoms with Crippen molar-refractivity contribution in [3.8, 4) is 17.2 Å². The highest BCUT2D eigenvalue weighted by atomic mass is 16.5. The van der Waals surface area contributed by atoms with Gasteiger partial charge in [0.05, 0.1) is 19.8 Å². The lowest BCUT2D eigenvalue weighted by Crippen LogP contribution is -2.45. The molecule has 1 aliphatic heterocycles. The number of carbonyl (C=O) groups excluding carboxylic acids is 1. The fraction of sp³-hybridized carbons (Fsp3) is 0.650. The average Bonchev–Trinajstić information content (AvgIpc) is 2.64. The first kappa shape index (κ1) is 20.4. The van der Waals surface area contributed by atoms with Crippen molar-refractivity contribution in [1.29, 1.82) is 0 Å². The van der Waals surface area contributed by atoms with Crippen LogP contribution in [0.25, 0.3) is 0 Å². The van der Waals surface area contributed by atoms with Crippen LogP contribution in [0.5, 0.6) is 17.2 Å². The minimum absolute atomic E-state index is 0.0136. The molecule has 6 heteroatoms. The number of benzene rings is 1. The Morgan fingerprint density at radius 2 is 1.73 bits per heavy atom. The van der Waals surface area contributed by atoms with Crippen LogP contribution in [0.4, 0.5) is 0 Å². The minimum Gasteiger partial charge on any atom is -0.490 e. The van der Waals surface area contributed by atoms with Gasteiger partial charge in [-0.05, 0) is 58.6 Å². The van der Waals surface area contributed by atoms with Gasteiger partial charge in [-0.2, -0.15) is 0 Å². The zero-order valence-electron chi connectivity index (χ0n) is 16.4. The van der Waals surface area contributed by atoms with Crippen LogP contribution >= 0.6 is 0 Å². The monoisotopic (exact) mass is 364 g/mol. The van der Waals surface area contributed by atoms with E-state index in [9.17, 15) is 4.79 Å². The molecule has 2 unspecified atom stereocenters. The molecule has 1 aromatic carbocycles. The molecule has 0 aliphatic carbocycles. The summed E-state index contributed by atoms with van der Waals surface area (Å²) in [6, 6.07) is 3.60. The Morgan fingerprint density at radius 1 is 1.15 bits per heavy atom. The highest BCUT2D eigenvalue weighted by Gasteiger charge is 2.28. The molecule has 0 aromatic heterocycles. The number of hydrogen-bond donors (Lipinski definition) is 1. The Kier molecular flexibility index (Phi) is 7.57. The second kappa shape index (κ2) is 9.67. The molecule has 6 nitrogen and oxygen atoms in total. The average molecular weight is 364 g/mol. The van der Waals surface area contributed by atoms with Crippen molar-refractivity contribution in [1.82, 2.24) is 4.90 Å². The summed E-state index contributed by atoms with van der Waals surface area (Å²) in [6.45, 7) is 10.6. The highest BCUT2D eigenvalue weighted by Crippen LogP contribution is 2.39. The molecular weight excluding hydrogens is 332 g/mol. The van der Waals surface area contributed by atoms with E-state index >= 15 is 0 Å². The van der Waals surface area contributed by atoms with Gasteiger partial charge >= 0.3 is 0 Å². The standard InChI is InChI=1S/C20H32N2O4/c1-5-24-17-11-16(12-18(25-6-2)19(17)26-7-3)20(23)22-10-8-9-15(13-22)14(4)21/h11-12,14-15H,5-10,13,21H2,1-4H3. The Morgan fingerprint density at radius 3 is 2.23 bits per heavy atom. The van der Waals surface area contributed by atoms with Gasteiger partial charge in [0.1, 0.15) is 0 Å². The summed E-state index contributed by atoms with van der Waals surface area (Å²) in [6.07, 6.45) is 2.05. The zero-order chi connectivity index (χ0) is 19.1. The third kappa shape index (κ3) is 4.81. The number of hydrogen-bond acceptors (Lipinski definition) is 5. The molecule has 1 amide bonds. The lowest BCUT2D eigenvalue weighted by molar-refractivity contribution is 0.0660. The summed E-state index contributed by atoms with van der Waals surface area (Å²) in [5, 5.41) is 0. The smallest absolute Gasteiger partial charge is 0.254 e. The number of rotatable bonds is 8. The van der Waals surface area contributed by atoms with Crippen LogP contribution in [-0.2, 0) is 0 Å². The quantitative estimate of drug-likeness (QED) is 0.767. The second-order valence-corrected chi connectivity index (χ2v) is 6.61. The van der Waals surface area contributed by atoms with Crippen LogP contribution in [0, 0.1) is 5.92 Å². The van der Waals surface area contributed by atoms with Crippen LogP contribution in [0.2, 0.25) is 0 Å². The van der Waals surface area contributed by atoms with Gasteiger partial charge in [-0.3, -0.25) is 4.79 Å². The molecule has 1 saturated heterocycles. The number of likely N-dealkylation sites (tertiary alicyclic amines) is 1. The molecule has 1 fully saturated rings. The molecule has 0 spiro atoms. The van der Waals surface area contributed by atoms with Gasteiger partial charge < -0.3 is 24.8 Å². The van der Waals surface area contributed by atoms with E-state index in [1.807, 2.05) is 32.6 Å². The first-order chi connectivity index (χ1) is 12.5. The Hall–Kier alpha value is -1.95. The largest absolute Gasteiger partial charge is 0.490 e. The molecule has 1 aromatic rings. The van der Waals surface area contributed by atoms with E-state index in [-0.39, 0.29) is 11.9 Å². The van der Waals surface area contributed by atoms with Gasteiger partial charge in [-0.25, -0.2) is 0 Å². The third-order valence-electron chi connectivity index (χ3n) is 4.64. The first-order valence-corrected chi connectivity index (χ1v) is 9.63. The van der Waals surface area contributed by atoms with E-state index in [2.05, 4.69) is 0 Å². The van der Waals surface area contributed by atoms with E-state index in [4.69, 9.17) is 19.9 Å². The summed E-state index contributed by atoms with van der Waals surface area (Å²) in [7, 11) is 0. The highest BCUT2D eigenvalue weighted by molar-refractivity contribution is 5.95. The summed E-state index contributed by atoms with van der Waals surface area (Å²) < 4.78 is 17.1. The van der Waals surface area contributed by atoms with Crippen molar-refractivity contribution in [2.24, 2.45) is 11.7 Å². The SMILES string of the molecule is CCOc1cc(C(=O)N2CCCC(C(C)N)C2)cc(OCC)c1OCC. The van der Waals surface area contributed by atoms with E-state index in [1.165, 1.54) is 0 Å². The van der Waals surface area contributed by atoms with Crippen molar-refractivity contribution < 1.29 is 19.0 Å². The molecule has 146 valence electrons. The molecule has 2 rings (SSSR count). The van der Waals surface area contributed by atoms with Crippen molar-refractivity contribution in [2.75, 3.05) is 32.9 Å². The van der Waals surface area contributed by atoms with E-state index in [0.29, 0.717) is 55.1 Å². The maximum Gasteiger partial charge on any atom is 0.254 e. The Balaban J connectivity index is 2.33. The van der Waals surface area contributed by atoms with Crippen LogP contribution < -0.4 is 19.9 Å². The fourth-order valence-corrected chi connectivity index (χ4v) is 3.32. The first-order valence-electron chi connectivity index (χ1n) is 9.63. The summed E-state index contributed by atoms with van der Waals surface area (Å²) in [5.74, 6) is 1.97. The Bertz CT molecular complexity index is 576. The van der Waals surface area contributed by atoms with Crippen LogP contribution in [0.15, 0.2) is 12.1 Å². The Labute approximate surface area is 156 Å². The zero-order valence-corrected chi connectivity index (χ0v) is 16.4. The molecule has 0 saturated carbocycles. The van der Waals surface area contributed by atoms with E-state index < -0.39 is 0 Å². The summed E-state index contributed by atoms with van der Waals surface area (Å²) >= 11 is 0. The van der Waals surface area contributed by atoms with Crippen LogP contribution in [0.3, 0.4) is 0 Å². The molecule has 2 atom stereocenters. The molecule has 0 radical (unpaired) electrons. The van der Waals surface area contributed by atoms with Gasteiger partial charge in [0.2, 0.25) is 5.75 Å². The van der Waals surface area contributed by atoms with E-state index in [0.717, 1.165) is 19.4 Å². The van der Waals surface area contributed by atoms with E-state index in [1.54, 1.807) is 12.1 Å². The predicted octanol–water partition coefficient (Wildman–Crippen LogP) is 3.08. The number of nitrogens with zero attached hydrogens (tertiary/aromatic N) is 1. The maximum absolute atomic E-state index is 13.1. The molecule has 26 heavy (non-hydrogen) atoms. The van der Waals surface area contributed by atoms with Crippen molar-refractivity contribution >= 4 is 5.91 Å². The number of amides is 1. The minimum atomic E-state index is -0.0136. The summed E-state index contributed by atoms with van der Waals surface area (Å²) in [4.78, 5) is 15.0. The topological polar surface area (TPSA) is 74.0 Å². The van der Waals surface area contributed by atoms with Crippen LogP contribution in [-0.4, -0.2) is 49.8 Å². The second-order valence-electron chi connectivity index (χ2n) is 6.61. The normalized spacial score (nSPS) is 18.3. The molecule has 1 heterocycles.